The molecule has 0 spiro atoms. The summed E-state index contributed by atoms with van der Waals surface area (Å²) in [7, 11) is -1.23. The summed E-state index contributed by atoms with van der Waals surface area (Å²) in [5.74, 6) is 0. The topological polar surface area (TPSA) is 20.2 Å². The van der Waals surface area contributed by atoms with Gasteiger partial charge in [0.25, 0.3) is 0 Å². The van der Waals surface area contributed by atoms with Crippen molar-refractivity contribution < 1.29 is 5.11 Å². The molecule has 1 rings (SSSR count). The SMILES string of the molecule is CC1(C)CCC=CC1(O)/C=C/[Si](C)(C)C. The number of hydrogen-bond donors (Lipinski definition) is 1. The fraction of sp³-hybridized carbons (Fsp3) is 0.692. The Balaban J connectivity index is 2.94. The lowest BCUT2D eigenvalue weighted by molar-refractivity contribution is 0.00740. The van der Waals surface area contributed by atoms with Crippen molar-refractivity contribution in [1.82, 2.24) is 0 Å². The molecule has 0 bridgehead atoms. The van der Waals surface area contributed by atoms with Crippen molar-refractivity contribution in [1.29, 1.82) is 0 Å². The van der Waals surface area contributed by atoms with Gasteiger partial charge in [0.1, 0.15) is 5.60 Å². The lowest BCUT2D eigenvalue weighted by atomic mass is 9.69. The molecule has 1 nitrogen and oxygen atoms in total. The average molecular weight is 224 g/mol. The Hall–Kier alpha value is -0.343. The van der Waals surface area contributed by atoms with E-state index < -0.39 is 13.7 Å². The van der Waals surface area contributed by atoms with E-state index in [0.717, 1.165) is 12.8 Å². The summed E-state index contributed by atoms with van der Waals surface area (Å²) in [6.45, 7) is 11.1. The summed E-state index contributed by atoms with van der Waals surface area (Å²) < 4.78 is 0. The summed E-state index contributed by atoms with van der Waals surface area (Å²) in [5.41, 5.74) is 1.45. The highest BCUT2D eigenvalue weighted by atomic mass is 28.3. The molecule has 2 heteroatoms. The van der Waals surface area contributed by atoms with Gasteiger partial charge >= 0.3 is 0 Å². The maximum Gasteiger partial charge on any atom is 0.106 e. The van der Waals surface area contributed by atoms with Crippen LogP contribution in [0.15, 0.2) is 23.9 Å². The van der Waals surface area contributed by atoms with Crippen molar-refractivity contribution in [2.24, 2.45) is 5.41 Å². The van der Waals surface area contributed by atoms with Gasteiger partial charge in [0.15, 0.2) is 0 Å². The van der Waals surface area contributed by atoms with Crippen LogP contribution in [0.2, 0.25) is 19.6 Å². The Morgan fingerprint density at radius 1 is 1.27 bits per heavy atom. The minimum absolute atomic E-state index is 0.0437. The van der Waals surface area contributed by atoms with Gasteiger partial charge in [0.2, 0.25) is 0 Å². The first-order valence-electron chi connectivity index (χ1n) is 5.77. The molecule has 1 aliphatic rings. The van der Waals surface area contributed by atoms with Crippen LogP contribution in [0.3, 0.4) is 0 Å². The van der Waals surface area contributed by atoms with Crippen molar-refractivity contribution in [3.63, 3.8) is 0 Å². The third-order valence-electron chi connectivity index (χ3n) is 3.23. The van der Waals surface area contributed by atoms with Crippen molar-refractivity contribution in [2.75, 3.05) is 0 Å². The van der Waals surface area contributed by atoms with E-state index in [1.165, 1.54) is 0 Å². The van der Waals surface area contributed by atoms with Crippen molar-refractivity contribution in [2.45, 2.75) is 51.9 Å². The Kier molecular flexibility index (Phi) is 3.32. The standard InChI is InChI=1S/C13H24OSi/c1-12(2)8-6-7-9-13(12,14)10-11-15(3,4)5/h7,9-11,14H,6,8H2,1-5H3/b11-10+. The van der Waals surface area contributed by atoms with Gasteiger partial charge in [0.05, 0.1) is 8.07 Å². The zero-order valence-electron chi connectivity index (χ0n) is 10.7. The molecule has 0 saturated heterocycles. The minimum Gasteiger partial charge on any atom is -0.381 e. The van der Waals surface area contributed by atoms with Gasteiger partial charge in [-0.1, -0.05) is 57.4 Å². The van der Waals surface area contributed by atoms with Crippen LogP contribution in [0, 0.1) is 5.41 Å². The number of rotatable bonds is 2. The Morgan fingerprint density at radius 3 is 2.33 bits per heavy atom. The molecule has 0 radical (unpaired) electrons. The second-order valence-electron chi connectivity index (χ2n) is 6.35. The smallest absolute Gasteiger partial charge is 0.106 e. The summed E-state index contributed by atoms with van der Waals surface area (Å²) >= 11 is 0. The van der Waals surface area contributed by atoms with Crippen LogP contribution in [0.25, 0.3) is 0 Å². The Bertz CT molecular complexity index is 283. The number of allylic oxidation sites excluding steroid dienone is 1. The van der Waals surface area contributed by atoms with Crippen LogP contribution in [0.1, 0.15) is 26.7 Å². The van der Waals surface area contributed by atoms with Crippen LogP contribution >= 0.6 is 0 Å². The van der Waals surface area contributed by atoms with Crippen LogP contribution < -0.4 is 0 Å². The van der Waals surface area contributed by atoms with Gasteiger partial charge in [0, 0.05) is 5.41 Å². The molecule has 0 aliphatic heterocycles. The van der Waals surface area contributed by atoms with E-state index in [9.17, 15) is 5.11 Å². The normalized spacial score (nSPS) is 31.1. The van der Waals surface area contributed by atoms with E-state index in [1.807, 2.05) is 12.2 Å². The van der Waals surface area contributed by atoms with Crippen molar-refractivity contribution >= 4 is 8.07 Å². The van der Waals surface area contributed by atoms with Gasteiger partial charge in [-0.3, -0.25) is 0 Å². The zero-order chi connectivity index (χ0) is 11.7. The van der Waals surface area contributed by atoms with E-state index in [1.54, 1.807) is 0 Å². The Labute approximate surface area is 94.9 Å². The molecule has 0 saturated carbocycles. The molecule has 0 aromatic rings. The molecule has 1 unspecified atom stereocenters. The molecular weight excluding hydrogens is 200 g/mol. The second kappa shape index (κ2) is 3.91. The van der Waals surface area contributed by atoms with Gasteiger partial charge in [-0.25, -0.2) is 0 Å². The lowest BCUT2D eigenvalue weighted by Gasteiger charge is -2.41. The van der Waals surface area contributed by atoms with Gasteiger partial charge < -0.3 is 5.11 Å². The first kappa shape index (κ1) is 12.7. The third-order valence-corrected chi connectivity index (χ3v) is 4.40. The summed E-state index contributed by atoms with van der Waals surface area (Å²) in [5, 5.41) is 10.6. The van der Waals surface area contributed by atoms with Crippen molar-refractivity contribution in [3.8, 4) is 0 Å². The summed E-state index contributed by atoms with van der Waals surface area (Å²) in [6, 6.07) is 0. The van der Waals surface area contributed by atoms with E-state index >= 15 is 0 Å². The maximum atomic E-state index is 10.6. The molecule has 0 fully saturated rings. The minimum atomic E-state index is -1.23. The van der Waals surface area contributed by atoms with E-state index in [4.69, 9.17) is 0 Å². The zero-order valence-corrected chi connectivity index (χ0v) is 11.7. The number of aliphatic hydroxyl groups is 1. The fourth-order valence-electron chi connectivity index (χ4n) is 1.79. The first-order chi connectivity index (χ1) is 6.66. The molecule has 0 amide bonds. The van der Waals surface area contributed by atoms with Crippen LogP contribution in [-0.4, -0.2) is 18.8 Å². The van der Waals surface area contributed by atoms with Gasteiger partial charge in [-0.2, -0.15) is 0 Å². The molecule has 0 heterocycles. The number of hydrogen-bond acceptors (Lipinski definition) is 1. The molecule has 0 aromatic heterocycles. The quantitative estimate of drug-likeness (QED) is 0.562. The second-order valence-corrected chi connectivity index (χ2v) is 11.4. The van der Waals surface area contributed by atoms with E-state index in [0.29, 0.717) is 0 Å². The maximum absolute atomic E-state index is 10.6. The van der Waals surface area contributed by atoms with Crippen LogP contribution in [0.5, 0.6) is 0 Å². The van der Waals surface area contributed by atoms with Crippen molar-refractivity contribution in [3.05, 3.63) is 23.9 Å². The molecular formula is C13H24OSi. The average Bonchev–Trinajstić information content (AvgIpc) is 2.06. The molecule has 86 valence electrons. The van der Waals surface area contributed by atoms with Crippen LogP contribution in [-0.2, 0) is 0 Å². The van der Waals surface area contributed by atoms with E-state index in [-0.39, 0.29) is 5.41 Å². The Morgan fingerprint density at radius 2 is 1.87 bits per heavy atom. The molecule has 1 atom stereocenters. The molecule has 1 aliphatic carbocycles. The summed E-state index contributed by atoms with van der Waals surface area (Å²) in [6.07, 6.45) is 8.22. The highest BCUT2D eigenvalue weighted by Gasteiger charge is 2.40. The monoisotopic (exact) mass is 224 g/mol. The third kappa shape index (κ3) is 3.05. The highest BCUT2D eigenvalue weighted by Crippen LogP contribution is 2.41. The molecule has 15 heavy (non-hydrogen) atoms. The predicted molar refractivity (Wildman–Crippen MR) is 69.6 cm³/mol. The highest BCUT2D eigenvalue weighted by molar-refractivity contribution is 6.80. The van der Waals surface area contributed by atoms with Gasteiger partial charge in [-0.15, -0.1) is 0 Å². The molecule has 1 N–H and O–H groups in total. The predicted octanol–water partition coefficient (Wildman–Crippen LogP) is 3.53. The first-order valence-corrected chi connectivity index (χ1v) is 9.35. The summed E-state index contributed by atoms with van der Waals surface area (Å²) in [4.78, 5) is 0. The van der Waals surface area contributed by atoms with E-state index in [2.05, 4.69) is 45.3 Å². The lowest BCUT2D eigenvalue weighted by Crippen LogP contribution is -2.43. The largest absolute Gasteiger partial charge is 0.381 e. The van der Waals surface area contributed by atoms with Crippen LogP contribution in [0.4, 0.5) is 0 Å². The fourth-order valence-corrected chi connectivity index (χ4v) is 2.55. The van der Waals surface area contributed by atoms with Gasteiger partial charge in [-0.05, 0) is 12.8 Å². The molecule has 0 aromatic carbocycles.